The van der Waals surface area contributed by atoms with E-state index >= 15 is 0 Å². The summed E-state index contributed by atoms with van der Waals surface area (Å²) in [7, 11) is 0. The first-order valence-electron chi connectivity index (χ1n) is 7.99. The van der Waals surface area contributed by atoms with Gasteiger partial charge in [0.1, 0.15) is 11.5 Å². The molecule has 2 aromatic carbocycles. The van der Waals surface area contributed by atoms with E-state index in [2.05, 4.69) is 27.3 Å². The van der Waals surface area contributed by atoms with Crippen molar-refractivity contribution in [3.05, 3.63) is 63.8 Å². The third-order valence-corrected chi connectivity index (χ3v) is 4.09. The molecule has 0 radical (unpaired) electrons. The SMILES string of the molecule is O=C(O)c1[nH]nnc1Oc1cc(Cl)cc(C#Cc2cccc3c2OCC3)c1. The molecule has 0 saturated carbocycles. The lowest BCUT2D eigenvalue weighted by Gasteiger charge is -2.04. The molecule has 7 nitrogen and oxygen atoms in total. The summed E-state index contributed by atoms with van der Waals surface area (Å²) in [4.78, 5) is 11.1. The molecule has 1 aliphatic rings. The Morgan fingerprint density at radius 1 is 1.30 bits per heavy atom. The number of ether oxygens (including phenoxy) is 2. The van der Waals surface area contributed by atoms with Gasteiger partial charge in [-0.2, -0.15) is 0 Å². The summed E-state index contributed by atoms with van der Waals surface area (Å²) in [6.07, 6.45) is 0.879. The van der Waals surface area contributed by atoms with Gasteiger partial charge in [0, 0.05) is 17.0 Å². The fourth-order valence-corrected chi connectivity index (χ4v) is 2.91. The first-order valence-corrected chi connectivity index (χ1v) is 8.37. The average molecular weight is 382 g/mol. The number of aromatic nitrogens is 3. The molecule has 3 aromatic rings. The van der Waals surface area contributed by atoms with Crippen molar-refractivity contribution in [1.29, 1.82) is 0 Å². The lowest BCUT2D eigenvalue weighted by Crippen LogP contribution is -1.99. The van der Waals surface area contributed by atoms with Gasteiger partial charge in [-0.25, -0.2) is 9.89 Å². The van der Waals surface area contributed by atoms with Gasteiger partial charge in [-0.3, -0.25) is 0 Å². The number of hydrogen-bond donors (Lipinski definition) is 2. The van der Waals surface area contributed by atoms with Crippen molar-refractivity contribution in [2.24, 2.45) is 0 Å². The summed E-state index contributed by atoms with van der Waals surface area (Å²) in [6.45, 7) is 0.660. The van der Waals surface area contributed by atoms with E-state index in [1.54, 1.807) is 12.1 Å². The number of hydrogen-bond acceptors (Lipinski definition) is 5. The minimum Gasteiger partial charge on any atom is -0.492 e. The zero-order chi connectivity index (χ0) is 18.8. The van der Waals surface area contributed by atoms with Gasteiger partial charge in [0.2, 0.25) is 5.69 Å². The van der Waals surface area contributed by atoms with Crippen molar-refractivity contribution >= 4 is 17.6 Å². The van der Waals surface area contributed by atoms with Gasteiger partial charge in [0.15, 0.2) is 0 Å². The molecule has 0 fully saturated rings. The van der Waals surface area contributed by atoms with Crippen LogP contribution in [-0.4, -0.2) is 33.1 Å². The third-order valence-electron chi connectivity index (χ3n) is 3.87. The second-order valence-electron chi connectivity index (χ2n) is 5.72. The monoisotopic (exact) mass is 381 g/mol. The number of aromatic amines is 1. The van der Waals surface area contributed by atoms with Crippen LogP contribution >= 0.6 is 11.6 Å². The Balaban J connectivity index is 1.63. The molecule has 0 spiro atoms. The summed E-state index contributed by atoms with van der Waals surface area (Å²) in [5, 5.41) is 18.8. The van der Waals surface area contributed by atoms with Crippen molar-refractivity contribution in [2.45, 2.75) is 6.42 Å². The van der Waals surface area contributed by atoms with Crippen molar-refractivity contribution in [2.75, 3.05) is 6.61 Å². The minimum absolute atomic E-state index is 0.155. The molecule has 0 saturated heterocycles. The maximum absolute atomic E-state index is 11.1. The van der Waals surface area contributed by atoms with Gasteiger partial charge in [-0.1, -0.05) is 45.9 Å². The van der Waals surface area contributed by atoms with E-state index in [0.29, 0.717) is 22.9 Å². The number of aromatic carboxylic acids is 1. The van der Waals surface area contributed by atoms with E-state index in [-0.39, 0.29) is 11.6 Å². The van der Waals surface area contributed by atoms with E-state index < -0.39 is 5.97 Å². The topological polar surface area (TPSA) is 97.3 Å². The average Bonchev–Trinajstić information content (AvgIpc) is 3.28. The van der Waals surface area contributed by atoms with Crippen LogP contribution in [0.4, 0.5) is 0 Å². The Bertz CT molecular complexity index is 1100. The molecule has 0 bridgehead atoms. The summed E-state index contributed by atoms with van der Waals surface area (Å²) in [5.41, 5.74) is 2.30. The fraction of sp³-hybridized carbons (Fsp3) is 0.105. The lowest BCUT2D eigenvalue weighted by atomic mass is 10.1. The molecule has 2 heterocycles. The Morgan fingerprint density at radius 2 is 2.19 bits per heavy atom. The van der Waals surface area contributed by atoms with Crippen LogP contribution < -0.4 is 9.47 Å². The van der Waals surface area contributed by atoms with E-state index in [9.17, 15) is 4.79 Å². The van der Waals surface area contributed by atoms with E-state index in [4.69, 9.17) is 26.2 Å². The number of benzene rings is 2. The zero-order valence-electron chi connectivity index (χ0n) is 13.8. The molecule has 1 aliphatic heterocycles. The number of carboxylic acids is 1. The van der Waals surface area contributed by atoms with Crippen LogP contribution in [0.2, 0.25) is 5.02 Å². The molecule has 27 heavy (non-hydrogen) atoms. The molecular weight excluding hydrogens is 370 g/mol. The predicted molar refractivity (Wildman–Crippen MR) is 96.5 cm³/mol. The normalized spacial score (nSPS) is 11.9. The number of fused-ring (bicyclic) bond motifs is 1. The number of H-pyrrole nitrogens is 1. The highest BCUT2D eigenvalue weighted by Gasteiger charge is 2.17. The first kappa shape index (κ1) is 16.9. The van der Waals surface area contributed by atoms with Crippen LogP contribution in [0, 0.1) is 11.8 Å². The summed E-state index contributed by atoms with van der Waals surface area (Å²) >= 11 is 6.14. The van der Waals surface area contributed by atoms with Gasteiger partial charge in [0.05, 0.1) is 12.2 Å². The van der Waals surface area contributed by atoms with Crippen LogP contribution in [0.25, 0.3) is 0 Å². The van der Waals surface area contributed by atoms with Gasteiger partial charge < -0.3 is 14.6 Å². The molecule has 4 rings (SSSR count). The van der Waals surface area contributed by atoms with Crippen LogP contribution in [0.3, 0.4) is 0 Å². The maximum Gasteiger partial charge on any atom is 0.359 e. The first-order chi connectivity index (χ1) is 13.1. The molecular formula is C19H12ClN3O4. The molecule has 8 heteroatoms. The number of rotatable bonds is 3. The van der Waals surface area contributed by atoms with Crippen molar-refractivity contribution < 1.29 is 19.4 Å². The number of halogens is 1. The van der Waals surface area contributed by atoms with E-state index in [1.165, 1.54) is 6.07 Å². The largest absolute Gasteiger partial charge is 0.492 e. The van der Waals surface area contributed by atoms with Gasteiger partial charge in [0.25, 0.3) is 5.88 Å². The Morgan fingerprint density at radius 3 is 3.04 bits per heavy atom. The standard InChI is InChI=1S/C19H12ClN3O4/c20-14-8-11(4-5-12-2-1-3-13-6-7-26-17(12)13)9-15(10-14)27-18-16(19(24)25)21-23-22-18/h1-3,8-10H,6-7H2,(H,24,25)(H,21,22,23). The van der Waals surface area contributed by atoms with Crippen LogP contribution in [0.15, 0.2) is 36.4 Å². The number of nitrogens with one attached hydrogen (secondary N) is 1. The maximum atomic E-state index is 11.1. The van der Waals surface area contributed by atoms with E-state index in [1.807, 2.05) is 18.2 Å². The third kappa shape index (κ3) is 3.57. The summed E-state index contributed by atoms with van der Waals surface area (Å²) in [6, 6.07) is 10.7. The number of para-hydroxylation sites is 1. The molecule has 2 N–H and O–H groups in total. The van der Waals surface area contributed by atoms with Gasteiger partial charge in [-0.15, -0.1) is 0 Å². The summed E-state index contributed by atoms with van der Waals surface area (Å²) in [5.74, 6) is 5.86. The summed E-state index contributed by atoms with van der Waals surface area (Å²) < 4.78 is 11.1. The highest BCUT2D eigenvalue weighted by Crippen LogP contribution is 2.29. The Labute approximate surface area is 158 Å². The van der Waals surface area contributed by atoms with Crippen molar-refractivity contribution in [3.8, 4) is 29.2 Å². The highest BCUT2D eigenvalue weighted by atomic mass is 35.5. The lowest BCUT2D eigenvalue weighted by molar-refractivity contribution is 0.0687. The van der Waals surface area contributed by atoms with Crippen molar-refractivity contribution in [3.63, 3.8) is 0 Å². The zero-order valence-corrected chi connectivity index (χ0v) is 14.6. The predicted octanol–water partition coefficient (Wildman–Crippen LogP) is 3.28. The quantitative estimate of drug-likeness (QED) is 0.676. The Kier molecular flexibility index (Phi) is 4.40. The van der Waals surface area contributed by atoms with Crippen LogP contribution in [-0.2, 0) is 6.42 Å². The van der Waals surface area contributed by atoms with Gasteiger partial charge >= 0.3 is 5.97 Å². The molecule has 0 unspecified atom stereocenters. The smallest absolute Gasteiger partial charge is 0.359 e. The fourth-order valence-electron chi connectivity index (χ4n) is 2.69. The number of carbonyl (C=O) groups is 1. The van der Waals surface area contributed by atoms with Crippen LogP contribution in [0.1, 0.15) is 27.2 Å². The van der Waals surface area contributed by atoms with Crippen LogP contribution in [0.5, 0.6) is 17.4 Å². The number of carboxylic acid groups (broad SMARTS) is 1. The second kappa shape index (κ2) is 7.02. The molecule has 0 atom stereocenters. The number of nitrogens with zero attached hydrogens (tertiary/aromatic N) is 2. The molecule has 0 amide bonds. The second-order valence-corrected chi connectivity index (χ2v) is 6.15. The highest BCUT2D eigenvalue weighted by molar-refractivity contribution is 6.30. The molecule has 0 aliphatic carbocycles. The van der Waals surface area contributed by atoms with Crippen molar-refractivity contribution in [1.82, 2.24) is 15.4 Å². The molecule has 1 aromatic heterocycles. The molecule has 134 valence electrons. The van der Waals surface area contributed by atoms with Gasteiger partial charge in [-0.05, 0) is 29.8 Å². The minimum atomic E-state index is -1.23. The van der Waals surface area contributed by atoms with E-state index in [0.717, 1.165) is 23.3 Å². The Hall–Kier alpha value is -3.50.